The molecule has 1 heterocycles. The number of hydrogen-bond acceptors (Lipinski definition) is 4. The molecule has 0 fully saturated rings. The van der Waals surface area contributed by atoms with Crippen molar-refractivity contribution < 1.29 is 9.53 Å². The highest BCUT2D eigenvalue weighted by Gasteiger charge is 2.08. The zero-order chi connectivity index (χ0) is 16.5. The van der Waals surface area contributed by atoms with Gasteiger partial charge in [0.25, 0.3) is 0 Å². The van der Waals surface area contributed by atoms with Crippen LogP contribution in [0.5, 0.6) is 0 Å². The van der Waals surface area contributed by atoms with Gasteiger partial charge in [-0.2, -0.15) is 0 Å². The molecule has 0 amide bonds. The third-order valence-corrected chi connectivity index (χ3v) is 3.72. The number of benzene rings is 1. The summed E-state index contributed by atoms with van der Waals surface area (Å²) in [6, 6.07) is 7.28. The molecule has 0 atom stereocenters. The molecule has 0 unspecified atom stereocenters. The van der Waals surface area contributed by atoms with Gasteiger partial charge in [-0.05, 0) is 25.5 Å². The van der Waals surface area contributed by atoms with Gasteiger partial charge in [-0.15, -0.1) is 5.10 Å². The molecule has 0 aliphatic heterocycles. The predicted octanol–water partition coefficient (Wildman–Crippen LogP) is 4.09. The molecule has 2 rings (SSSR count). The van der Waals surface area contributed by atoms with E-state index in [0.29, 0.717) is 12.2 Å². The highest BCUT2D eigenvalue weighted by Crippen LogP contribution is 2.17. The number of aromatic nitrogens is 3. The van der Waals surface area contributed by atoms with Crippen molar-refractivity contribution in [1.29, 1.82) is 0 Å². The summed E-state index contributed by atoms with van der Waals surface area (Å²) < 4.78 is 6.87. The molecular formula is C18H25N3O2. The highest BCUT2D eigenvalue weighted by atomic mass is 16.5. The Morgan fingerprint density at radius 2 is 1.83 bits per heavy atom. The van der Waals surface area contributed by atoms with E-state index in [-0.39, 0.29) is 5.97 Å². The third kappa shape index (κ3) is 5.20. The van der Waals surface area contributed by atoms with E-state index in [2.05, 4.69) is 17.2 Å². The molecule has 0 saturated carbocycles. The summed E-state index contributed by atoms with van der Waals surface area (Å²) in [5.41, 5.74) is 2.34. The van der Waals surface area contributed by atoms with Crippen LogP contribution in [0.15, 0.2) is 30.5 Å². The Balaban J connectivity index is 1.91. The van der Waals surface area contributed by atoms with E-state index in [1.807, 2.05) is 23.0 Å². The van der Waals surface area contributed by atoms with Crippen LogP contribution in [0.1, 0.15) is 56.3 Å². The zero-order valence-corrected chi connectivity index (χ0v) is 14.0. The first-order valence-electron chi connectivity index (χ1n) is 8.42. The Hall–Kier alpha value is -2.17. The third-order valence-electron chi connectivity index (χ3n) is 3.72. The van der Waals surface area contributed by atoms with Crippen LogP contribution in [-0.4, -0.2) is 27.6 Å². The fraction of sp³-hybridized carbons (Fsp3) is 0.500. The van der Waals surface area contributed by atoms with Gasteiger partial charge in [-0.25, -0.2) is 4.79 Å². The van der Waals surface area contributed by atoms with Crippen molar-refractivity contribution in [3.63, 3.8) is 0 Å². The van der Waals surface area contributed by atoms with Gasteiger partial charge < -0.3 is 4.74 Å². The number of unbranched alkanes of at least 4 members (excludes halogenated alkanes) is 4. The number of esters is 1. The Kier molecular flexibility index (Phi) is 6.78. The largest absolute Gasteiger partial charge is 0.462 e. The lowest BCUT2D eigenvalue weighted by Gasteiger charge is -2.02. The zero-order valence-electron chi connectivity index (χ0n) is 14.0. The van der Waals surface area contributed by atoms with Crippen LogP contribution in [0.4, 0.5) is 0 Å². The molecule has 5 heteroatoms. The van der Waals surface area contributed by atoms with Crippen LogP contribution in [0, 0.1) is 0 Å². The monoisotopic (exact) mass is 315 g/mol. The van der Waals surface area contributed by atoms with E-state index in [4.69, 9.17) is 4.74 Å². The smallest absolute Gasteiger partial charge is 0.338 e. The molecule has 0 radical (unpaired) electrons. The lowest BCUT2D eigenvalue weighted by Crippen LogP contribution is -2.03. The minimum Gasteiger partial charge on any atom is -0.462 e. The van der Waals surface area contributed by atoms with E-state index in [0.717, 1.165) is 24.2 Å². The molecule has 23 heavy (non-hydrogen) atoms. The van der Waals surface area contributed by atoms with Crippen LogP contribution in [0.25, 0.3) is 11.3 Å². The second-order valence-corrected chi connectivity index (χ2v) is 5.58. The molecule has 0 saturated heterocycles. The number of nitrogens with zero attached hydrogens (tertiary/aromatic N) is 3. The molecular weight excluding hydrogens is 290 g/mol. The standard InChI is InChI=1S/C18H25N3O2/c1-3-5-6-7-8-13-21-14-17(19-20-21)15-9-11-16(12-10-15)18(22)23-4-2/h9-12,14H,3-8,13H2,1-2H3. The van der Waals surface area contributed by atoms with Gasteiger partial charge in [-0.3, -0.25) is 4.68 Å². The molecule has 1 aromatic heterocycles. The van der Waals surface area contributed by atoms with E-state index in [1.54, 1.807) is 19.1 Å². The Bertz CT molecular complexity index is 605. The second-order valence-electron chi connectivity index (χ2n) is 5.58. The normalized spacial score (nSPS) is 10.7. The molecule has 124 valence electrons. The highest BCUT2D eigenvalue weighted by molar-refractivity contribution is 5.89. The first-order valence-corrected chi connectivity index (χ1v) is 8.42. The van der Waals surface area contributed by atoms with Crippen molar-refractivity contribution in [2.45, 2.75) is 52.5 Å². The van der Waals surface area contributed by atoms with Crippen molar-refractivity contribution in [1.82, 2.24) is 15.0 Å². The number of hydrogen-bond donors (Lipinski definition) is 0. The van der Waals surface area contributed by atoms with Crippen LogP contribution < -0.4 is 0 Å². The summed E-state index contributed by atoms with van der Waals surface area (Å²) in [5, 5.41) is 8.38. The first-order chi connectivity index (χ1) is 11.2. The van der Waals surface area contributed by atoms with E-state index in [9.17, 15) is 4.79 Å². The van der Waals surface area contributed by atoms with Crippen molar-refractivity contribution in [3.05, 3.63) is 36.0 Å². The maximum Gasteiger partial charge on any atom is 0.338 e. The average Bonchev–Trinajstić information content (AvgIpc) is 3.04. The first kappa shape index (κ1) is 17.2. The lowest BCUT2D eigenvalue weighted by atomic mass is 10.1. The fourth-order valence-electron chi connectivity index (χ4n) is 2.41. The summed E-state index contributed by atoms with van der Waals surface area (Å²) in [7, 11) is 0. The maximum absolute atomic E-state index is 11.6. The topological polar surface area (TPSA) is 57.0 Å². The summed E-state index contributed by atoms with van der Waals surface area (Å²) in [5.74, 6) is -0.296. The number of carbonyl (C=O) groups excluding carboxylic acids is 1. The SMILES string of the molecule is CCCCCCCn1cc(-c2ccc(C(=O)OCC)cc2)nn1. The molecule has 0 bridgehead atoms. The van der Waals surface area contributed by atoms with Crippen molar-refractivity contribution in [3.8, 4) is 11.3 Å². The van der Waals surface area contributed by atoms with Gasteiger partial charge in [0, 0.05) is 12.1 Å². The molecule has 0 N–H and O–H groups in total. The number of carbonyl (C=O) groups is 1. The van der Waals surface area contributed by atoms with E-state index in [1.165, 1.54) is 25.7 Å². The number of rotatable bonds is 9. The Labute approximate surface area is 137 Å². The molecule has 0 aliphatic carbocycles. The van der Waals surface area contributed by atoms with Gasteiger partial charge in [0.15, 0.2) is 0 Å². The van der Waals surface area contributed by atoms with Gasteiger partial charge in [-0.1, -0.05) is 50.0 Å². The minimum absolute atomic E-state index is 0.296. The Morgan fingerprint density at radius 1 is 1.09 bits per heavy atom. The predicted molar refractivity (Wildman–Crippen MR) is 90.2 cm³/mol. The Morgan fingerprint density at radius 3 is 2.52 bits per heavy atom. The molecule has 0 aliphatic rings. The molecule has 2 aromatic rings. The van der Waals surface area contributed by atoms with Crippen molar-refractivity contribution >= 4 is 5.97 Å². The minimum atomic E-state index is -0.296. The van der Waals surface area contributed by atoms with Gasteiger partial charge in [0.05, 0.1) is 18.4 Å². The molecule has 5 nitrogen and oxygen atoms in total. The van der Waals surface area contributed by atoms with Gasteiger partial charge >= 0.3 is 5.97 Å². The summed E-state index contributed by atoms with van der Waals surface area (Å²) in [4.78, 5) is 11.6. The van der Waals surface area contributed by atoms with E-state index < -0.39 is 0 Å². The lowest BCUT2D eigenvalue weighted by molar-refractivity contribution is 0.0526. The summed E-state index contributed by atoms with van der Waals surface area (Å²) in [6.07, 6.45) is 8.17. The quantitative estimate of drug-likeness (QED) is 0.516. The van der Waals surface area contributed by atoms with Crippen molar-refractivity contribution in [2.75, 3.05) is 6.61 Å². The van der Waals surface area contributed by atoms with Crippen LogP contribution in [-0.2, 0) is 11.3 Å². The van der Waals surface area contributed by atoms with Crippen LogP contribution in [0.3, 0.4) is 0 Å². The maximum atomic E-state index is 11.6. The second kappa shape index (κ2) is 9.08. The fourth-order valence-corrected chi connectivity index (χ4v) is 2.41. The van der Waals surface area contributed by atoms with Crippen molar-refractivity contribution in [2.24, 2.45) is 0 Å². The summed E-state index contributed by atoms with van der Waals surface area (Å²) in [6.45, 7) is 5.30. The number of ether oxygens (including phenoxy) is 1. The van der Waals surface area contributed by atoms with Gasteiger partial charge in [0.1, 0.15) is 5.69 Å². The van der Waals surface area contributed by atoms with Gasteiger partial charge in [0.2, 0.25) is 0 Å². The molecule has 0 spiro atoms. The summed E-state index contributed by atoms with van der Waals surface area (Å²) >= 11 is 0. The van der Waals surface area contributed by atoms with E-state index >= 15 is 0 Å². The average molecular weight is 315 g/mol. The molecule has 1 aromatic carbocycles. The number of aryl methyl sites for hydroxylation is 1. The van der Waals surface area contributed by atoms with Crippen LogP contribution >= 0.6 is 0 Å². The van der Waals surface area contributed by atoms with Crippen LogP contribution in [0.2, 0.25) is 0 Å².